The summed E-state index contributed by atoms with van der Waals surface area (Å²) in [6.45, 7) is 8.00. The van der Waals surface area contributed by atoms with Crippen molar-refractivity contribution in [2.75, 3.05) is 19.5 Å². The van der Waals surface area contributed by atoms with Crippen LogP contribution in [0.4, 0.5) is 5.69 Å². The summed E-state index contributed by atoms with van der Waals surface area (Å²) in [5, 5.41) is 3.02. The van der Waals surface area contributed by atoms with Gasteiger partial charge in [-0.3, -0.25) is 0 Å². The van der Waals surface area contributed by atoms with E-state index >= 15 is 0 Å². The highest BCUT2D eigenvalue weighted by Gasteiger charge is 1.89. The Morgan fingerprint density at radius 2 is 1.64 bits per heavy atom. The van der Waals surface area contributed by atoms with E-state index in [9.17, 15) is 0 Å². The minimum atomic E-state index is 0.881. The molecule has 0 amide bonds. The van der Waals surface area contributed by atoms with Crippen LogP contribution < -0.4 is 10.1 Å². The number of ether oxygens (including phenoxy) is 1. The molecule has 0 aliphatic rings. The molecule has 0 bridgehead atoms. The van der Waals surface area contributed by atoms with Crippen molar-refractivity contribution in [1.82, 2.24) is 0 Å². The summed E-state index contributed by atoms with van der Waals surface area (Å²) in [6.07, 6.45) is 0. The molecule has 14 heavy (non-hydrogen) atoms. The van der Waals surface area contributed by atoms with Crippen molar-refractivity contribution < 1.29 is 4.74 Å². The van der Waals surface area contributed by atoms with Crippen molar-refractivity contribution in [2.24, 2.45) is 0 Å². The molecule has 1 rings (SSSR count). The highest BCUT2D eigenvalue weighted by molar-refractivity contribution is 5.47. The molecule has 0 unspecified atom stereocenters. The second kappa shape index (κ2) is 11.8. The smallest absolute Gasteiger partial charge is 0.120 e. The predicted octanol–water partition coefficient (Wildman–Crippen LogP) is 3.79. The Kier molecular flexibility index (Phi) is 12.9. The van der Waals surface area contributed by atoms with Crippen LogP contribution in [0, 0.1) is 0 Å². The van der Waals surface area contributed by atoms with Crippen molar-refractivity contribution >= 4 is 5.69 Å². The lowest BCUT2D eigenvalue weighted by atomic mass is 10.3. The van der Waals surface area contributed by atoms with Crippen LogP contribution in [-0.4, -0.2) is 14.2 Å². The highest BCUT2D eigenvalue weighted by atomic mass is 16.5. The molecule has 2 nitrogen and oxygen atoms in total. The molecule has 1 aromatic rings. The Morgan fingerprint density at radius 3 is 2.07 bits per heavy atom. The normalized spacial score (nSPS) is 7.29. The fourth-order valence-corrected chi connectivity index (χ4v) is 0.779. The van der Waals surface area contributed by atoms with Crippen molar-refractivity contribution in [3.05, 3.63) is 24.3 Å². The van der Waals surface area contributed by atoms with Gasteiger partial charge < -0.3 is 10.1 Å². The van der Waals surface area contributed by atoms with Gasteiger partial charge in [-0.15, -0.1) is 0 Å². The van der Waals surface area contributed by atoms with E-state index in [2.05, 4.69) is 5.32 Å². The van der Waals surface area contributed by atoms with Crippen LogP contribution in [0.25, 0.3) is 0 Å². The number of rotatable bonds is 2. The predicted molar refractivity (Wildman–Crippen MR) is 65.2 cm³/mol. The molecule has 82 valence electrons. The van der Waals surface area contributed by atoms with Crippen molar-refractivity contribution in [3.8, 4) is 5.75 Å². The van der Waals surface area contributed by atoms with Crippen LogP contribution in [0.5, 0.6) is 5.75 Å². The Labute approximate surface area is 88.3 Å². The van der Waals surface area contributed by atoms with Crippen LogP contribution in [0.3, 0.4) is 0 Å². The van der Waals surface area contributed by atoms with Gasteiger partial charge in [-0.25, -0.2) is 0 Å². The quantitative estimate of drug-likeness (QED) is 0.779. The molecular weight excluding hydrogens is 174 g/mol. The fourth-order valence-electron chi connectivity index (χ4n) is 0.779. The average Bonchev–Trinajstić information content (AvgIpc) is 2.34. The third kappa shape index (κ3) is 6.35. The number of anilines is 1. The van der Waals surface area contributed by atoms with Crippen molar-refractivity contribution in [2.45, 2.75) is 27.7 Å². The van der Waals surface area contributed by atoms with Crippen LogP contribution >= 0.6 is 0 Å². The molecule has 0 atom stereocenters. The van der Waals surface area contributed by atoms with E-state index in [0.717, 1.165) is 11.4 Å². The zero-order chi connectivity index (χ0) is 11.4. The van der Waals surface area contributed by atoms with Crippen LogP contribution in [0.2, 0.25) is 0 Å². The van der Waals surface area contributed by atoms with Gasteiger partial charge >= 0.3 is 0 Å². The van der Waals surface area contributed by atoms with Crippen LogP contribution in [-0.2, 0) is 0 Å². The first kappa shape index (κ1) is 15.3. The first-order valence-corrected chi connectivity index (χ1v) is 5.18. The fraction of sp³-hybridized carbons (Fsp3) is 0.500. The van der Waals surface area contributed by atoms with Gasteiger partial charge in [0.05, 0.1) is 7.11 Å². The third-order valence-corrected chi connectivity index (χ3v) is 1.36. The van der Waals surface area contributed by atoms with Gasteiger partial charge in [0.2, 0.25) is 0 Å². The van der Waals surface area contributed by atoms with Gasteiger partial charge in [0.1, 0.15) is 5.75 Å². The van der Waals surface area contributed by atoms with Gasteiger partial charge in [0.15, 0.2) is 0 Å². The molecule has 0 aromatic heterocycles. The first-order valence-electron chi connectivity index (χ1n) is 5.18. The maximum Gasteiger partial charge on any atom is 0.120 e. The average molecular weight is 197 g/mol. The summed E-state index contributed by atoms with van der Waals surface area (Å²) >= 11 is 0. The first-order chi connectivity index (χ1) is 6.86. The Bertz CT molecular complexity index is 192. The van der Waals surface area contributed by atoms with Gasteiger partial charge in [-0.05, 0) is 12.1 Å². The number of nitrogens with one attached hydrogen (secondary N) is 1. The molecule has 2 heteroatoms. The lowest BCUT2D eigenvalue weighted by molar-refractivity contribution is 0.415. The lowest BCUT2D eigenvalue weighted by Gasteiger charge is -2.01. The maximum atomic E-state index is 5.02. The highest BCUT2D eigenvalue weighted by Crippen LogP contribution is 2.15. The summed E-state index contributed by atoms with van der Waals surface area (Å²) in [5.74, 6) is 0.881. The second-order valence-corrected chi connectivity index (χ2v) is 1.98. The van der Waals surface area contributed by atoms with E-state index in [-0.39, 0.29) is 0 Å². The summed E-state index contributed by atoms with van der Waals surface area (Å²) in [4.78, 5) is 0. The third-order valence-electron chi connectivity index (χ3n) is 1.36. The molecule has 0 aliphatic carbocycles. The SMILES string of the molecule is CC.CC.CNc1cccc(OC)c1. The lowest BCUT2D eigenvalue weighted by Crippen LogP contribution is -1.88. The van der Waals surface area contributed by atoms with E-state index in [0.29, 0.717) is 0 Å². The standard InChI is InChI=1S/C8H11NO.2C2H6/c1-9-7-4-3-5-8(6-7)10-2;2*1-2/h3-6,9H,1-2H3;2*1-2H3. The van der Waals surface area contributed by atoms with E-state index in [1.165, 1.54) is 0 Å². The summed E-state index contributed by atoms with van der Waals surface area (Å²) in [6, 6.07) is 7.80. The summed E-state index contributed by atoms with van der Waals surface area (Å²) in [5.41, 5.74) is 1.07. The molecule has 1 aromatic carbocycles. The molecule has 0 fully saturated rings. The zero-order valence-corrected chi connectivity index (χ0v) is 10.2. The molecule has 0 aliphatic heterocycles. The zero-order valence-electron chi connectivity index (χ0n) is 10.2. The van der Waals surface area contributed by atoms with E-state index in [1.807, 2.05) is 59.0 Å². The van der Waals surface area contributed by atoms with Gasteiger partial charge in [0.25, 0.3) is 0 Å². The van der Waals surface area contributed by atoms with Crippen LogP contribution in [0.1, 0.15) is 27.7 Å². The topological polar surface area (TPSA) is 21.3 Å². The number of methoxy groups -OCH3 is 1. The Balaban J connectivity index is 0. The molecule has 0 heterocycles. The number of hydrogen-bond acceptors (Lipinski definition) is 2. The molecule has 0 saturated heterocycles. The molecule has 0 spiro atoms. The molecular formula is C12H23NO. The summed E-state index contributed by atoms with van der Waals surface area (Å²) in [7, 11) is 3.55. The van der Waals surface area contributed by atoms with Gasteiger partial charge in [-0.1, -0.05) is 33.8 Å². The van der Waals surface area contributed by atoms with Crippen molar-refractivity contribution in [1.29, 1.82) is 0 Å². The minimum Gasteiger partial charge on any atom is -0.497 e. The monoisotopic (exact) mass is 197 g/mol. The number of benzene rings is 1. The molecule has 1 N–H and O–H groups in total. The molecule has 0 radical (unpaired) electrons. The second-order valence-electron chi connectivity index (χ2n) is 1.98. The van der Waals surface area contributed by atoms with Crippen LogP contribution in [0.15, 0.2) is 24.3 Å². The number of hydrogen-bond donors (Lipinski definition) is 1. The summed E-state index contributed by atoms with van der Waals surface area (Å²) < 4.78 is 5.02. The minimum absolute atomic E-state index is 0.881. The molecule has 0 saturated carbocycles. The largest absolute Gasteiger partial charge is 0.497 e. The Hall–Kier alpha value is -1.18. The maximum absolute atomic E-state index is 5.02. The van der Waals surface area contributed by atoms with E-state index in [1.54, 1.807) is 7.11 Å². The van der Waals surface area contributed by atoms with E-state index < -0.39 is 0 Å². The van der Waals surface area contributed by atoms with Gasteiger partial charge in [0, 0.05) is 18.8 Å². The Morgan fingerprint density at radius 1 is 1.07 bits per heavy atom. The van der Waals surface area contributed by atoms with E-state index in [4.69, 9.17) is 4.74 Å². The van der Waals surface area contributed by atoms with Gasteiger partial charge in [-0.2, -0.15) is 0 Å². The van der Waals surface area contributed by atoms with Crippen molar-refractivity contribution in [3.63, 3.8) is 0 Å².